The van der Waals surface area contributed by atoms with Gasteiger partial charge in [-0.1, -0.05) is 18.2 Å². The highest BCUT2D eigenvalue weighted by Crippen LogP contribution is 2.37. The van der Waals surface area contributed by atoms with Gasteiger partial charge in [-0.05, 0) is 12.1 Å². The number of benzene rings is 1. The maximum absolute atomic E-state index is 13.9. The van der Waals surface area contributed by atoms with Crippen molar-refractivity contribution in [3.8, 4) is 11.1 Å². The van der Waals surface area contributed by atoms with Crippen molar-refractivity contribution < 1.29 is 13.2 Å². The first-order valence-corrected chi connectivity index (χ1v) is 6.60. The summed E-state index contributed by atoms with van der Waals surface area (Å²) >= 11 is 0. The lowest BCUT2D eigenvalue weighted by Crippen LogP contribution is -2.26. The van der Waals surface area contributed by atoms with Crippen molar-refractivity contribution in [2.75, 3.05) is 23.7 Å². The Bertz CT molecular complexity index is 679. The zero-order valence-electron chi connectivity index (χ0n) is 11.6. The molecule has 0 spiro atoms. The van der Waals surface area contributed by atoms with Crippen molar-refractivity contribution in [2.24, 2.45) is 0 Å². The highest BCUT2D eigenvalue weighted by molar-refractivity contribution is 5.85. The van der Waals surface area contributed by atoms with E-state index in [1.165, 1.54) is 17.2 Å². The quantitative estimate of drug-likeness (QED) is 0.912. The second-order valence-electron chi connectivity index (χ2n) is 5.10. The summed E-state index contributed by atoms with van der Waals surface area (Å²) in [7, 11) is 0. The van der Waals surface area contributed by atoms with E-state index in [0.29, 0.717) is 11.1 Å². The molecule has 0 amide bonds. The molecular formula is C15H15ClF3N3. The van der Waals surface area contributed by atoms with E-state index in [0.717, 1.165) is 0 Å². The molecule has 0 unspecified atom stereocenters. The summed E-state index contributed by atoms with van der Waals surface area (Å²) in [5.41, 5.74) is 7.06. The Hall–Kier alpha value is -1.95. The van der Waals surface area contributed by atoms with Crippen molar-refractivity contribution in [2.45, 2.75) is 12.3 Å². The van der Waals surface area contributed by atoms with E-state index in [-0.39, 0.29) is 36.9 Å². The summed E-state index contributed by atoms with van der Waals surface area (Å²) in [6, 6.07) is 7.80. The fraction of sp³-hybridized carbons (Fsp3) is 0.267. The average Bonchev–Trinajstić information content (AvgIpc) is 2.80. The van der Waals surface area contributed by atoms with E-state index < -0.39 is 18.3 Å². The second kappa shape index (κ2) is 6.04. The molecule has 0 aliphatic carbocycles. The molecule has 1 aromatic heterocycles. The number of rotatable bonds is 2. The highest BCUT2D eigenvalue weighted by atomic mass is 35.5. The summed E-state index contributed by atoms with van der Waals surface area (Å²) in [4.78, 5) is 5.53. The molecule has 1 aliphatic rings. The molecule has 7 heteroatoms. The standard InChI is InChI=1S/C15H14F3N3.ClH/c16-12-4-2-1-3-10(12)11-5-7-20-14(13(11)19)21-8-6-15(17,18)9-21;/h1-5,7H,6,8-9,19H2;1H. The molecule has 2 N–H and O–H groups in total. The molecule has 2 aromatic rings. The maximum Gasteiger partial charge on any atom is 0.266 e. The minimum atomic E-state index is -2.73. The van der Waals surface area contributed by atoms with Crippen LogP contribution in [0, 0.1) is 5.82 Å². The van der Waals surface area contributed by atoms with Crippen LogP contribution in [0.1, 0.15) is 6.42 Å². The van der Waals surface area contributed by atoms with E-state index in [1.54, 1.807) is 24.3 Å². The zero-order chi connectivity index (χ0) is 15.0. The third-order valence-corrected chi connectivity index (χ3v) is 3.60. The summed E-state index contributed by atoms with van der Waals surface area (Å²) in [6.45, 7) is -0.226. The number of nitrogens with two attached hydrogens (primary N) is 1. The Morgan fingerprint density at radius 3 is 2.50 bits per heavy atom. The van der Waals surface area contributed by atoms with Gasteiger partial charge in [0.05, 0.1) is 12.2 Å². The number of halogens is 4. The van der Waals surface area contributed by atoms with Crippen molar-refractivity contribution in [1.82, 2.24) is 4.98 Å². The Morgan fingerprint density at radius 1 is 1.14 bits per heavy atom. The number of anilines is 2. The van der Waals surface area contributed by atoms with Crippen molar-refractivity contribution in [3.63, 3.8) is 0 Å². The van der Waals surface area contributed by atoms with Crippen molar-refractivity contribution in [3.05, 3.63) is 42.3 Å². The first kappa shape index (κ1) is 16.4. The molecule has 0 radical (unpaired) electrons. The largest absolute Gasteiger partial charge is 0.395 e. The minimum Gasteiger partial charge on any atom is -0.395 e. The lowest BCUT2D eigenvalue weighted by atomic mass is 10.0. The van der Waals surface area contributed by atoms with Gasteiger partial charge in [0.1, 0.15) is 5.82 Å². The van der Waals surface area contributed by atoms with Gasteiger partial charge < -0.3 is 10.6 Å². The number of pyridine rings is 1. The molecule has 118 valence electrons. The van der Waals surface area contributed by atoms with Gasteiger partial charge in [0.15, 0.2) is 5.82 Å². The van der Waals surface area contributed by atoms with Crippen molar-refractivity contribution in [1.29, 1.82) is 0 Å². The summed E-state index contributed by atoms with van der Waals surface area (Å²) in [6.07, 6.45) is 1.24. The Morgan fingerprint density at radius 2 is 1.86 bits per heavy atom. The van der Waals surface area contributed by atoms with Gasteiger partial charge in [-0.2, -0.15) is 0 Å². The average molecular weight is 330 g/mol. The smallest absolute Gasteiger partial charge is 0.266 e. The van der Waals surface area contributed by atoms with Crippen LogP contribution in [0.3, 0.4) is 0 Å². The van der Waals surface area contributed by atoms with Crippen LogP contribution in [0.4, 0.5) is 24.7 Å². The first-order chi connectivity index (χ1) is 9.98. The van der Waals surface area contributed by atoms with Crippen LogP contribution in [0.5, 0.6) is 0 Å². The van der Waals surface area contributed by atoms with E-state index in [1.807, 2.05) is 0 Å². The Kier molecular flexibility index (Phi) is 4.51. The van der Waals surface area contributed by atoms with E-state index >= 15 is 0 Å². The van der Waals surface area contributed by atoms with Crippen LogP contribution < -0.4 is 10.6 Å². The lowest BCUT2D eigenvalue weighted by molar-refractivity contribution is 0.0257. The number of hydrogen-bond acceptors (Lipinski definition) is 3. The van der Waals surface area contributed by atoms with E-state index in [9.17, 15) is 13.2 Å². The molecule has 1 saturated heterocycles. The molecule has 1 fully saturated rings. The van der Waals surface area contributed by atoms with Crippen LogP contribution in [-0.2, 0) is 0 Å². The van der Waals surface area contributed by atoms with E-state index in [4.69, 9.17) is 5.73 Å². The number of nitrogens with zero attached hydrogens (tertiary/aromatic N) is 2. The topological polar surface area (TPSA) is 42.1 Å². The van der Waals surface area contributed by atoms with Gasteiger partial charge in [0.25, 0.3) is 5.92 Å². The maximum atomic E-state index is 13.9. The van der Waals surface area contributed by atoms with E-state index in [2.05, 4.69) is 4.98 Å². The fourth-order valence-electron chi connectivity index (χ4n) is 2.55. The molecule has 22 heavy (non-hydrogen) atoms. The minimum absolute atomic E-state index is 0. The van der Waals surface area contributed by atoms with Crippen LogP contribution in [-0.4, -0.2) is 24.0 Å². The molecule has 3 nitrogen and oxygen atoms in total. The van der Waals surface area contributed by atoms with Gasteiger partial charge in [0.2, 0.25) is 0 Å². The van der Waals surface area contributed by atoms with Gasteiger partial charge in [-0.15, -0.1) is 12.4 Å². The third kappa shape index (κ3) is 2.97. The lowest BCUT2D eigenvalue weighted by Gasteiger charge is -2.20. The number of hydrogen-bond donors (Lipinski definition) is 1. The SMILES string of the molecule is Cl.Nc1c(-c2ccccc2F)ccnc1N1CCC(F)(F)C1. The van der Waals surface area contributed by atoms with Crippen molar-refractivity contribution >= 4 is 23.9 Å². The fourth-order valence-corrected chi connectivity index (χ4v) is 2.55. The Labute approximate surface area is 132 Å². The molecular weight excluding hydrogens is 315 g/mol. The highest BCUT2D eigenvalue weighted by Gasteiger charge is 2.39. The van der Waals surface area contributed by atoms with Crippen LogP contribution in [0.15, 0.2) is 36.5 Å². The number of alkyl halides is 2. The monoisotopic (exact) mass is 329 g/mol. The summed E-state index contributed by atoms with van der Waals surface area (Å²) in [5, 5.41) is 0. The molecule has 1 aromatic carbocycles. The molecule has 3 rings (SSSR count). The van der Waals surface area contributed by atoms with Crippen LogP contribution in [0.2, 0.25) is 0 Å². The molecule has 2 heterocycles. The summed E-state index contributed by atoms with van der Waals surface area (Å²) < 4.78 is 40.5. The molecule has 1 aliphatic heterocycles. The van der Waals surface area contributed by atoms with Gasteiger partial charge in [-0.25, -0.2) is 18.2 Å². The van der Waals surface area contributed by atoms with Gasteiger partial charge in [-0.3, -0.25) is 0 Å². The van der Waals surface area contributed by atoms with Crippen LogP contribution >= 0.6 is 12.4 Å². The number of nitrogen functional groups attached to an aromatic ring is 1. The molecule has 0 saturated carbocycles. The third-order valence-electron chi connectivity index (χ3n) is 3.60. The van der Waals surface area contributed by atoms with Crippen LogP contribution in [0.25, 0.3) is 11.1 Å². The Balaban J connectivity index is 0.00000176. The first-order valence-electron chi connectivity index (χ1n) is 6.60. The van der Waals surface area contributed by atoms with Gasteiger partial charge >= 0.3 is 0 Å². The predicted molar refractivity (Wildman–Crippen MR) is 83.1 cm³/mol. The second-order valence-corrected chi connectivity index (χ2v) is 5.10. The zero-order valence-corrected chi connectivity index (χ0v) is 12.4. The molecule has 0 bridgehead atoms. The molecule has 0 atom stereocenters. The number of aromatic nitrogens is 1. The normalized spacial score (nSPS) is 16.4. The summed E-state index contributed by atoms with van der Waals surface area (Å²) in [5.74, 6) is -2.86. The van der Waals surface area contributed by atoms with Gasteiger partial charge in [0, 0.05) is 30.3 Å². The predicted octanol–water partition coefficient (Wildman–Crippen LogP) is 3.74.